The molecule has 0 radical (unpaired) electrons. The molecule has 0 saturated carbocycles. The quantitative estimate of drug-likeness (QED) is 0.159. The lowest BCUT2D eigenvalue weighted by molar-refractivity contribution is -0.130. The maximum absolute atomic E-state index is 12.6. The van der Waals surface area contributed by atoms with E-state index in [-0.39, 0.29) is 17.3 Å². The fourth-order valence-corrected chi connectivity index (χ4v) is 5.11. The largest absolute Gasteiger partial charge is 0.423 e. The van der Waals surface area contributed by atoms with Crippen LogP contribution >= 0.6 is 34.5 Å². The summed E-state index contributed by atoms with van der Waals surface area (Å²) in [6.07, 6.45) is 4.52. The number of carbonyl (C=O) groups excluding carboxylic acids is 2. The lowest BCUT2D eigenvalue weighted by Crippen LogP contribution is -2.05. The molecule has 0 bridgehead atoms. The molecule has 0 fully saturated rings. The second-order valence-corrected chi connectivity index (χ2v) is 9.29. The molecule has 4 aromatic rings. The zero-order valence-corrected chi connectivity index (χ0v) is 20.2. The number of cyclic esters (lactones) is 1. The number of hydrogen-bond acceptors (Lipinski definition) is 6. The van der Waals surface area contributed by atoms with Gasteiger partial charge in [0.15, 0.2) is 5.70 Å². The van der Waals surface area contributed by atoms with Crippen LogP contribution in [0.15, 0.2) is 89.6 Å². The third kappa shape index (κ3) is 5.05. The van der Waals surface area contributed by atoms with E-state index in [0.717, 1.165) is 15.6 Å². The van der Waals surface area contributed by atoms with Gasteiger partial charge in [-0.05, 0) is 35.9 Å². The van der Waals surface area contributed by atoms with Crippen molar-refractivity contribution in [3.63, 3.8) is 0 Å². The summed E-state index contributed by atoms with van der Waals surface area (Å²) < 4.78 is 11.7. The highest BCUT2D eigenvalue weighted by Gasteiger charge is 2.28. The summed E-state index contributed by atoms with van der Waals surface area (Å²) in [6, 6.07) is 21.6. The molecule has 8 heteroatoms. The molecule has 1 aromatic heterocycles. The van der Waals surface area contributed by atoms with Gasteiger partial charge >= 0.3 is 11.9 Å². The van der Waals surface area contributed by atoms with Gasteiger partial charge in [0.05, 0.1) is 5.02 Å². The van der Waals surface area contributed by atoms with Crippen molar-refractivity contribution in [2.75, 3.05) is 0 Å². The molecule has 0 N–H and O–H groups in total. The summed E-state index contributed by atoms with van der Waals surface area (Å²) in [5.41, 5.74) is 1.44. The monoisotopic (exact) mass is 519 g/mol. The van der Waals surface area contributed by atoms with E-state index in [1.807, 2.05) is 36.4 Å². The number of rotatable bonds is 5. The van der Waals surface area contributed by atoms with Crippen LogP contribution in [0.5, 0.6) is 5.75 Å². The van der Waals surface area contributed by atoms with Gasteiger partial charge < -0.3 is 9.47 Å². The van der Waals surface area contributed by atoms with Gasteiger partial charge in [0.25, 0.3) is 0 Å². The van der Waals surface area contributed by atoms with E-state index in [1.54, 1.807) is 42.5 Å². The molecule has 0 aliphatic carbocycles. The molecule has 0 spiro atoms. The summed E-state index contributed by atoms with van der Waals surface area (Å²) in [7, 11) is 0. The van der Waals surface area contributed by atoms with Crippen LogP contribution in [0.4, 0.5) is 0 Å². The minimum Gasteiger partial charge on any atom is -0.423 e. The number of ether oxygens (including phenoxy) is 2. The minimum absolute atomic E-state index is 0.0647. The molecule has 3 aromatic carbocycles. The highest BCUT2D eigenvalue weighted by molar-refractivity contribution is 7.21. The van der Waals surface area contributed by atoms with E-state index in [9.17, 15) is 9.59 Å². The molecule has 0 saturated heterocycles. The van der Waals surface area contributed by atoms with E-state index < -0.39 is 11.9 Å². The Bertz CT molecular complexity index is 1550. The van der Waals surface area contributed by atoms with Crippen LogP contribution in [0.25, 0.3) is 22.2 Å². The second-order valence-electron chi connectivity index (χ2n) is 7.42. The average molecular weight is 520 g/mol. The summed E-state index contributed by atoms with van der Waals surface area (Å²) in [6.45, 7) is 0. The fourth-order valence-electron chi connectivity index (χ4n) is 3.39. The molecule has 0 atom stereocenters. The van der Waals surface area contributed by atoms with Crippen LogP contribution in [0.1, 0.15) is 16.0 Å². The van der Waals surface area contributed by atoms with Crippen molar-refractivity contribution < 1.29 is 19.1 Å². The molecule has 172 valence electrons. The number of nitrogens with zero attached hydrogens (tertiary/aromatic N) is 1. The lowest BCUT2D eigenvalue weighted by atomic mass is 10.1. The van der Waals surface area contributed by atoms with Crippen molar-refractivity contribution in [1.82, 2.24) is 0 Å². The van der Waals surface area contributed by atoms with E-state index in [2.05, 4.69) is 4.99 Å². The summed E-state index contributed by atoms with van der Waals surface area (Å²) in [4.78, 5) is 29.8. The molecule has 5 nitrogen and oxygen atoms in total. The summed E-state index contributed by atoms with van der Waals surface area (Å²) in [5.74, 6) is -0.775. The number of esters is 2. The first-order chi connectivity index (χ1) is 17.0. The van der Waals surface area contributed by atoms with Gasteiger partial charge in [0.2, 0.25) is 5.90 Å². The smallest absolute Gasteiger partial charge is 0.363 e. The van der Waals surface area contributed by atoms with Crippen molar-refractivity contribution in [2.24, 2.45) is 4.99 Å². The number of aliphatic imine (C=N–C) groups is 1. The first kappa shape index (κ1) is 23.1. The maximum atomic E-state index is 12.6. The van der Waals surface area contributed by atoms with Crippen LogP contribution in [0.2, 0.25) is 10.0 Å². The van der Waals surface area contributed by atoms with Crippen LogP contribution < -0.4 is 4.74 Å². The zero-order valence-electron chi connectivity index (χ0n) is 17.9. The van der Waals surface area contributed by atoms with Gasteiger partial charge in [-0.3, -0.25) is 0 Å². The Morgan fingerprint density at radius 2 is 1.77 bits per heavy atom. The first-order valence-electron chi connectivity index (χ1n) is 10.4. The topological polar surface area (TPSA) is 65.0 Å². The Labute approximate surface area is 214 Å². The molecule has 0 amide bonds. The number of halogens is 2. The normalized spacial score (nSPS) is 14.5. The minimum atomic E-state index is -0.628. The lowest BCUT2D eigenvalue weighted by Gasteiger charge is -2.05. The third-order valence-electron chi connectivity index (χ3n) is 5.04. The highest BCUT2D eigenvalue weighted by atomic mass is 35.5. The van der Waals surface area contributed by atoms with Gasteiger partial charge in [0, 0.05) is 26.7 Å². The summed E-state index contributed by atoms with van der Waals surface area (Å²) >= 11 is 13.9. The van der Waals surface area contributed by atoms with Crippen LogP contribution in [-0.4, -0.2) is 17.8 Å². The summed E-state index contributed by atoms with van der Waals surface area (Å²) in [5, 5.41) is 1.82. The van der Waals surface area contributed by atoms with E-state index in [4.69, 9.17) is 32.7 Å². The van der Waals surface area contributed by atoms with Gasteiger partial charge in [-0.1, -0.05) is 77.8 Å². The Hall–Kier alpha value is -3.71. The standard InChI is InChI=1S/C27H15Cl2NO4S/c28-18-11-12-19-22(15-18)35-25(24(19)29)26-30-20(27(32)34-26)14-17-8-4-5-9-21(17)33-23(31)13-10-16-6-2-1-3-7-16/h1-15H/b13-10+,20-14+. The van der Waals surface area contributed by atoms with Gasteiger partial charge in [-0.2, -0.15) is 0 Å². The number of thiophene rings is 1. The molecule has 1 aliphatic heterocycles. The SMILES string of the molecule is O=C(/C=C/c1ccccc1)Oc1ccccc1/C=C1/N=C(c2sc3cc(Cl)ccc3c2Cl)OC1=O. The highest BCUT2D eigenvalue weighted by Crippen LogP contribution is 2.38. The molecule has 5 rings (SSSR count). The van der Waals surface area contributed by atoms with Crippen LogP contribution in [0.3, 0.4) is 0 Å². The van der Waals surface area contributed by atoms with E-state index >= 15 is 0 Å². The van der Waals surface area contributed by atoms with Crippen molar-refractivity contribution in [2.45, 2.75) is 0 Å². The predicted octanol–water partition coefficient (Wildman–Crippen LogP) is 7.17. The Morgan fingerprint density at radius 1 is 1.00 bits per heavy atom. The molecular formula is C27H15Cl2NO4S. The Kier molecular flexibility index (Phi) is 6.51. The van der Waals surface area contributed by atoms with Gasteiger partial charge in [0.1, 0.15) is 10.6 Å². The van der Waals surface area contributed by atoms with Crippen molar-refractivity contribution >= 4 is 74.6 Å². The van der Waals surface area contributed by atoms with Gasteiger partial charge in [-0.25, -0.2) is 14.6 Å². The predicted molar refractivity (Wildman–Crippen MR) is 140 cm³/mol. The fraction of sp³-hybridized carbons (Fsp3) is 0. The second kappa shape index (κ2) is 9.88. The molecular weight excluding hydrogens is 505 g/mol. The van der Waals surface area contributed by atoms with Crippen molar-refractivity contribution in [1.29, 1.82) is 0 Å². The maximum Gasteiger partial charge on any atom is 0.363 e. The molecule has 35 heavy (non-hydrogen) atoms. The third-order valence-corrected chi connectivity index (χ3v) is 6.92. The average Bonchev–Trinajstić information content (AvgIpc) is 3.38. The zero-order chi connectivity index (χ0) is 24.4. The molecule has 2 heterocycles. The first-order valence-corrected chi connectivity index (χ1v) is 12.0. The van der Waals surface area contributed by atoms with Gasteiger partial charge in [-0.15, -0.1) is 11.3 Å². The Balaban J connectivity index is 1.41. The number of hydrogen-bond donors (Lipinski definition) is 0. The Morgan fingerprint density at radius 3 is 2.60 bits per heavy atom. The van der Waals surface area contributed by atoms with Crippen molar-refractivity contribution in [3.05, 3.63) is 111 Å². The molecule has 1 aliphatic rings. The van der Waals surface area contributed by atoms with Crippen molar-refractivity contribution in [3.8, 4) is 5.75 Å². The number of benzene rings is 3. The number of fused-ring (bicyclic) bond motifs is 1. The number of para-hydroxylation sites is 1. The van der Waals surface area contributed by atoms with E-state index in [0.29, 0.717) is 20.5 Å². The van der Waals surface area contributed by atoms with Crippen LogP contribution in [-0.2, 0) is 14.3 Å². The van der Waals surface area contributed by atoms with E-state index in [1.165, 1.54) is 23.5 Å². The van der Waals surface area contributed by atoms with Crippen LogP contribution in [0, 0.1) is 0 Å². The number of carbonyl (C=O) groups is 2. The molecule has 0 unspecified atom stereocenters.